The number of nitrogens with zero attached hydrogens (tertiary/aromatic N) is 4. The Kier molecular flexibility index (Phi) is 4.04. The number of rotatable bonds is 4. The van der Waals surface area contributed by atoms with Crippen LogP contribution in [-0.2, 0) is 6.54 Å². The Balaban J connectivity index is 1.39. The topological polar surface area (TPSA) is 72.7 Å². The highest BCUT2D eigenvalue weighted by Gasteiger charge is 2.39. The molecular formula is C18H23N5O. The van der Waals surface area contributed by atoms with Crippen molar-refractivity contribution in [3.05, 3.63) is 41.2 Å². The molecular weight excluding hydrogens is 302 g/mol. The van der Waals surface area contributed by atoms with Crippen LogP contribution in [0.25, 0.3) is 0 Å². The second-order valence-electron chi connectivity index (χ2n) is 7.09. The summed E-state index contributed by atoms with van der Waals surface area (Å²) >= 11 is 0. The van der Waals surface area contributed by atoms with Crippen molar-refractivity contribution in [2.24, 2.45) is 11.8 Å². The predicted molar refractivity (Wildman–Crippen MR) is 89.4 cm³/mol. The van der Waals surface area contributed by atoms with Crippen LogP contribution in [0.3, 0.4) is 0 Å². The number of amides is 1. The maximum absolute atomic E-state index is 12.5. The SMILES string of the molecule is Cc1nnnn1Cc1ccc(C(=O)N[C@H]2CC[C@@H]3CCC[C@@H]32)cc1. The van der Waals surface area contributed by atoms with Crippen LogP contribution in [0.1, 0.15) is 53.8 Å². The highest BCUT2D eigenvalue weighted by molar-refractivity contribution is 5.94. The molecule has 1 aromatic heterocycles. The molecule has 2 aliphatic rings. The molecule has 2 fully saturated rings. The van der Waals surface area contributed by atoms with Crippen LogP contribution in [0.4, 0.5) is 0 Å². The molecule has 24 heavy (non-hydrogen) atoms. The zero-order valence-electron chi connectivity index (χ0n) is 14.0. The largest absolute Gasteiger partial charge is 0.349 e. The fourth-order valence-corrected chi connectivity index (χ4v) is 4.32. The van der Waals surface area contributed by atoms with E-state index in [2.05, 4.69) is 20.8 Å². The molecule has 1 N–H and O–H groups in total. The van der Waals surface area contributed by atoms with E-state index in [0.717, 1.165) is 29.3 Å². The van der Waals surface area contributed by atoms with Crippen molar-refractivity contribution in [2.75, 3.05) is 0 Å². The number of hydrogen-bond donors (Lipinski definition) is 1. The Morgan fingerprint density at radius 1 is 1.21 bits per heavy atom. The van der Waals surface area contributed by atoms with Crippen molar-refractivity contribution in [1.82, 2.24) is 25.5 Å². The minimum absolute atomic E-state index is 0.0534. The van der Waals surface area contributed by atoms with Gasteiger partial charge in [0, 0.05) is 11.6 Å². The third-order valence-electron chi connectivity index (χ3n) is 5.66. The number of aromatic nitrogens is 4. The Morgan fingerprint density at radius 2 is 2.04 bits per heavy atom. The Morgan fingerprint density at radius 3 is 2.79 bits per heavy atom. The maximum atomic E-state index is 12.5. The zero-order valence-corrected chi connectivity index (χ0v) is 14.0. The van der Waals surface area contributed by atoms with Gasteiger partial charge in [0.25, 0.3) is 5.91 Å². The molecule has 1 amide bonds. The van der Waals surface area contributed by atoms with Crippen LogP contribution >= 0.6 is 0 Å². The van der Waals surface area contributed by atoms with Crippen LogP contribution in [0.15, 0.2) is 24.3 Å². The summed E-state index contributed by atoms with van der Waals surface area (Å²) in [5, 5.41) is 14.7. The third-order valence-corrected chi connectivity index (χ3v) is 5.66. The molecule has 0 spiro atoms. The number of nitrogens with one attached hydrogen (secondary N) is 1. The van der Waals surface area contributed by atoms with E-state index in [-0.39, 0.29) is 5.91 Å². The minimum Gasteiger partial charge on any atom is -0.349 e. The van der Waals surface area contributed by atoms with Gasteiger partial charge in [0.1, 0.15) is 5.82 Å². The summed E-state index contributed by atoms with van der Waals surface area (Å²) in [6.45, 7) is 2.49. The average Bonchev–Trinajstić information content (AvgIpc) is 3.28. The normalized spacial score (nSPS) is 25.6. The second kappa shape index (κ2) is 6.34. The van der Waals surface area contributed by atoms with Gasteiger partial charge in [-0.15, -0.1) is 5.10 Å². The molecule has 0 bridgehead atoms. The van der Waals surface area contributed by atoms with Crippen LogP contribution in [-0.4, -0.2) is 32.2 Å². The molecule has 1 aromatic carbocycles. The van der Waals surface area contributed by atoms with Crippen molar-refractivity contribution in [2.45, 2.75) is 51.6 Å². The first-order chi connectivity index (χ1) is 11.7. The van der Waals surface area contributed by atoms with Gasteiger partial charge >= 0.3 is 0 Å². The van der Waals surface area contributed by atoms with E-state index in [1.165, 1.54) is 25.7 Å². The van der Waals surface area contributed by atoms with Gasteiger partial charge in [0.15, 0.2) is 0 Å². The number of benzene rings is 1. The van der Waals surface area contributed by atoms with Crippen molar-refractivity contribution in [1.29, 1.82) is 0 Å². The zero-order chi connectivity index (χ0) is 16.5. The van der Waals surface area contributed by atoms with Gasteiger partial charge < -0.3 is 5.32 Å². The number of fused-ring (bicyclic) bond motifs is 1. The molecule has 2 aromatic rings. The number of tetrazole rings is 1. The summed E-state index contributed by atoms with van der Waals surface area (Å²) in [5.74, 6) is 2.38. The van der Waals surface area contributed by atoms with Gasteiger partial charge in [-0.05, 0) is 66.1 Å². The standard InChI is InChI=1S/C18H23N5O/c1-12-20-21-22-23(12)11-13-5-7-15(8-6-13)18(24)19-17-10-9-14-3-2-4-16(14)17/h5-8,14,16-17H,2-4,9-11H2,1H3,(H,19,24)/t14-,16-,17-/m0/s1. The molecule has 0 unspecified atom stereocenters. The number of carbonyl (C=O) groups excluding carboxylic acids is 1. The van der Waals surface area contributed by atoms with E-state index in [0.29, 0.717) is 18.5 Å². The van der Waals surface area contributed by atoms with E-state index < -0.39 is 0 Å². The van der Waals surface area contributed by atoms with Gasteiger partial charge in [-0.25, -0.2) is 4.68 Å². The van der Waals surface area contributed by atoms with E-state index in [9.17, 15) is 4.79 Å². The molecule has 0 aliphatic heterocycles. The fraction of sp³-hybridized carbons (Fsp3) is 0.556. The summed E-state index contributed by atoms with van der Waals surface area (Å²) in [6, 6.07) is 8.11. The monoisotopic (exact) mass is 325 g/mol. The number of aryl methyl sites for hydroxylation is 1. The predicted octanol–water partition coefficient (Wildman–Crippen LogP) is 2.34. The quantitative estimate of drug-likeness (QED) is 0.936. The van der Waals surface area contributed by atoms with Gasteiger partial charge in [0.05, 0.1) is 6.54 Å². The lowest BCUT2D eigenvalue weighted by Gasteiger charge is -2.20. The van der Waals surface area contributed by atoms with Gasteiger partial charge in [-0.3, -0.25) is 4.79 Å². The van der Waals surface area contributed by atoms with E-state index in [4.69, 9.17) is 0 Å². The first kappa shape index (κ1) is 15.3. The van der Waals surface area contributed by atoms with Crippen LogP contribution in [0, 0.1) is 18.8 Å². The van der Waals surface area contributed by atoms with Crippen molar-refractivity contribution in [3.8, 4) is 0 Å². The van der Waals surface area contributed by atoms with Crippen LogP contribution in [0.2, 0.25) is 0 Å². The Bertz CT molecular complexity index is 723. The molecule has 2 saturated carbocycles. The Labute approximate surface area is 141 Å². The molecule has 3 atom stereocenters. The molecule has 0 saturated heterocycles. The lowest BCUT2D eigenvalue weighted by atomic mass is 9.97. The van der Waals surface area contributed by atoms with Gasteiger partial charge in [-0.1, -0.05) is 25.0 Å². The molecule has 1 heterocycles. The molecule has 126 valence electrons. The van der Waals surface area contributed by atoms with Crippen LogP contribution < -0.4 is 5.32 Å². The first-order valence-electron chi connectivity index (χ1n) is 8.83. The second-order valence-corrected chi connectivity index (χ2v) is 7.09. The molecule has 0 radical (unpaired) electrons. The highest BCUT2D eigenvalue weighted by Crippen LogP contribution is 2.44. The maximum Gasteiger partial charge on any atom is 0.251 e. The van der Waals surface area contributed by atoms with Gasteiger partial charge in [-0.2, -0.15) is 0 Å². The van der Waals surface area contributed by atoms with Gasteiger partial charge in [0.2, 0.25) is 0 Å². The Hall–Kier alpha value is -2.24. The smallest absolute Gasteiger partial charge is 0.251 e. The summed E-state index contributed by atoms with van der Waals surface area (Å²) < 4.78 is 1.74. The fourth-order valence-electron chi connectivity index (χ4n) is 4.32. The average molecular weight is 325 g/mol. The lowest BCUT2D eigenvalue weighted by Crippen LogP contribution is -2.37. The van der Waals surface area contributed by atoms with Crippen molar-refractivity contribution < 1.29 is 4.79 Å². The summed E-state index contributed by atoms with van der Waals surface area (Å²) in [7, 11) is 0. The molecule has 4 rings (SSSR count). The van der Waals surface area contributed by atoms with Crippen molar-refractivity contribution >= 4 is 5.91 Å². The van der Waals surface area contributed by atoms with Crippen molar-refractivity contribution in [3.63, 3.8) is 0 Å². The van der Waals surface area contributed by atoms with E-state index in [1.54, 1.807) is 4.68 Å². The molecule has 6 nitrogen and oxygen atoms in total. The number of carbonyl (C=O) groups is 1. The van der Waals surface area contributed by atoms with E-state index in [1.807, 2.05) is 31.2 Å². The summed E-state index contributed by atoms with van der Waals surface area (Å²) in [4.78, 5) is 12.5. The van der Waals surface area contributed by atoms with E-state index >= 15 is 0 Å². The highest BCUT2D eigenvalue weighted by atomic mass is 16.1. The number of hydrogen-bond acceptors (Lipinski definition) is 4. The van der Waals surface area contributed by atoms with Crippen LogP contribution in [0.5, 0.6) is 0 Å². The minimum atomic E-state index is 0.0534. The summed E-state index contributed by atoms with van der Waals surface area (Å²) in [6.07, 6.45) is 6.37. The third kappa shape index (κ3) is 2.92. The first-order valence-corrected chi connectivity index (χ1v) is 8.83. The summed E-state index contributed by atoms with van der Waals surface area (Å²) in [5.41, 5.74) is 1.81. The lowest BCUT2D eigenvalue weighted by molar-refractivity contribution is 0.0926. The molecule has 6 heteroatoms. The molecule has 2 aliphatic carbocycles.